The van der Waals surface area contributed by atoms with Crippen molar-refractivity contribution >= 4 is 11.8 Å². The van der Waals surface area contributed by atoms with Gasteiger partial charge >= 0.3 is 5.97 Å². The van der Waals surface area contributed by atoms with E-state index in [9.17, 15) is 9.90 Å². The van der Waals surface area contributed by atoms with E-state index < -0.39 is 5.97 Å². The molecule has 2 aromatic heterocycles. The topological polar surface area (TPSA) is 79.2 Å². The molecule has 108 valence electrons. The molecule has 6 heteroatoms. The van der Waals surface area contributed by atoms with E-state index in [1.807, 2.05) is 6.07 Å². The number of hydrogen-bond acceptors (Lipinski definition) is 5. The number of carboxylic acids is 1. The highest BCUT2D eigenvalue weighted by Gasteiger charge is 2.17. The first-order valence-corrected chi connectivity index (χ1v) is 7.02. The predicted molar refractivity (Wildman–Crippen MR) is 78.3 cm³/mol. The molecule has 3 rings (SSSR count). The van der Waals surface area contributed by atoms with Crippen molar-refractivity contribution in [3.05, 3.63) is 36.3 Å². The second kappa shape index (κ2) is 5.87. The Bertz CT molecular complexity index is 639. The van der Waals surface area contributed by atoms with Crippen LogP contribution in [0.25, 0.3) is 11.4 Å². The molecular weight excluding hydrogens is 268 g/mol. The summed E-state index contributed by atoms with van der Waals surface area (Å²) in [7, 11) is 0. The maximum absolute atomic E-state index is 11.3. The molecule has 0 unspecified atom stereocenters. The van der Waals surface area contributed by atoms with Crippen LogP contribution in [0.5, 0.6) is 0 Å². The Labute approximate surface area is 122 Å². The summed E-state index contributed by atoms with van der Waals surface area (Å²) in [5, 5.41) is 9.25. The Hall–Kier alpha value is -2.50. The molecule has 0 aliphatic carbocycles. The highest BCUT2D eigenvalue weighted by Crippen LogP contribution is 2.22. The first-order chi connectivity index (χ1) is 10.2. The van der Waals surface area contributed by atoms with Gasteiger partial charge in [-0.2, -0.15) is 0 Å². The van der Waals surface area contributed by atoms with Gasteiger partial charge in [0.25, 0.3) is 0 Å². The van der Waals surface area contributed by atoms with Crippen LogP contribution in [0.3, 0.4) is 0 Å². The van der Waals surface area contributed by atoms with Crippen molar-refractivity contribution in [2.24, 2.45) is 0 Å². The summed E-state index contributed by atoms with van der Waals surface area (Å²) in [5.74, 6) is 0.0466. The Morgan fingerprint density at radius 1 is 1.19 bits per heavy atom. The quantitative estimate of drug-likeness (QED) is 0.931. The lowest BCUT2D eigenvalue weighted by atomic mass is 10.1. The van der Waals surface area contributed by atoms with E-state index in [1.165, 1.54) is 6.42 Å². The Morgan fingerprint density at radius 3 is 2.67 bits per heavy atom. The number of piperidine rings is 1. The molecule has 0 radical (unpaired) electrons. The summed E-state index contributed by atoms with van der Waals surface area (Å²) in [4.78, 5) is 26.1. The van der Waals surface area contributed by atoms with Crippen LogP contribution in [0.4, 0.5) is 5.82 Å². The predicted octanol–water partition coefficient (Wildman–Crippen LogP) is 2.23. The van der Waals surface area contributed by atoms with Crippen molar-refractivity contribution in [1.82, 2.24) is 15.0 Å². The molecule has 1 fully saturated rings. The molecular formula is C15H16N4O2. The van der Waals surface area contributed by atoms with E-state index >= 15 is 0 Å². The van der Waals surface area contributed by atoms with E-state index in [0.29, 0.717) is 11.6 Å². The minimum atomic E-state index is -1.04. The highest BCUT2D eigenvalue weighted by molar-refractivity contribution is 5.87. The fraction of sp³-hybridized carbons (Fsp3) is 0.333. The summed E-state index contributed by atoms with van der Waals surface area (Å²) in [5.41, 5.74) is 0.739. The third-order valence-corrected chi connectivity index (χ3v) is 3.53. The number of carbonyl (C=O) groups is 1. The van der Waals surface area contributed by atoms with Crippen molar-refractivity contribution in [2.75, 3.05) is 18.0 Å². The van der Waals surface area contributed by atoms with Gasteiger partial charge in [0.05, 0.1) is 0 Å². The van der Waals surface area contributed by atoms with Gasteiger partial charge < -0.3 is 10.0 Å². The fourth-order valence-electron chi connectivity index (χ4n) is 2.45. The highest BCUT2D eigenvalue weighted by atomic mass is 16.4. The molecule has 1 saturated heterocycles. The molecule has 1 aliphatic rings. The zero-order valence-corrected chi connectivity index (χ0v) is 11.6. The first kappa shape index (κ1) is 13.5. The van der Waals surface area contributed by atoms with Gasteiger partial charge in [0.1, 0.15) is 5.82 Å². The zero-order valence-electron chi connectivity index (χ0n) is 11.6. The van der Waals surface area contributed by atoms with Crippen LogP contribution < -0.4 is 4.90 Å². The lowest BCUT2D eigenvalue weighted by Crippen LogP contribution is -2.30. The second-order valence-corrected chi connectivity index (χ2v) is 5.03. The summed E-state index contributed by atoms with van der Waals surface area (Å²) < 4.78 is 0. The molecule has 1 aliphatic heterocycles. The third kappa shape index (κ3) is 2.99. The smallest absolute Gasteiger partial charge is 0.354 e. The fourth-order valence-corrected chi connectivity index (χ4v) is 2.45. The Kier molecular flexibility index (Phi) is 3.77. The molecule has 0 spiro atoms. The SMILES string of the molecule is O=C(O)c1cc(N2CCCCC2)nc(-c2cccnc2)n1. The third-order valence-electron chi connectivity index (χ3n) is 3.53. The average Bonchev–Trinajstić information content (AvgIpc) is 2.56. The van der Waals surface area contributed by atoms with Crippen LogP contribution in [-0.2, 0) is 0 Å². The van der Waals surface area contributed by atoms with E-state index in [1.54, 1.807) is 24.5 Å². The summed E-state index contributed by atoms with van der Waals surface area (Å²) in [6, 6.07) is 5.16. The standard InChI is InChI=1S/C15H16N4O2/c20-15(21)12-9-13(19-7-2-1-3-8-19)18-14(17-12)11-5-4-6-16-10-11/h4-6,9-10H,1-3,7-8H2,(H,20,21). The molecule has 6 nitrogen and oxygen atoms in total. The average molecular weight is 284 g/mol. The van der Waals surface area contributed by atoms with Crippen LogP contribution in [-0.4, -0.2) is 39.1 Å². The number of aromatic carboxylic acids is 1. The minimum absolute atomic E-state index is 0.0180. The number of rotatable bonds is 3. The van der Waals surface area contributed by atoms with Crippen LogP contribution >= 0.6 is 0 Å². The largest absolute Gasteiger partial charge is 0.477 e. The van der Waals surface area contributed by atoms with Gasteiger partial charge in [-0.05, 0) is 31.4 Å². The molecule has 1 N–H and O–H groups in total. The van der Waals surface area contributed by atoms with Crippen molar-refractivity contribution in [3.8, 4) is 11.4 Å². The normalized spacial score (nSPS) is 15.0. The van der Waals surface area contributed by atoms with Gasteiger partial charge in [0.15, 0.2) is 11.5 Å². The van der Waals surface area contributed by atoms with E-state index in [-0.39, 0.29) is 5.69 Å². The van der Waals surface area contributed by atoms with Gasteiger partial charge in [-0.1, -0.05) is 0 Å². The van der Waals surface area contributed by atoms with Crippen LogP contribution in [0.15, 0.2) is 30.6 Å². The second-order valence-electron chi connectivity index (χ2n) is 5.03. The molecule has 3 heterocycles. The van der Waals surface area contributed by atoms with Gasteiger partial charge in [0, 0.05) is 37.1 Å². The van der Waals surface area contributed by atoms with Crippen LogP contribution in [0.2, 0.25) is 0 Å². The number of carboxylic acid groups (broad SMARTS) is 1. The lowest BCUT2D eigenvalue weighted by Gasteiger charge is -2.28. The molecule has 0 bridgehead atoms. The van der Waals surface area contributed by atoms with E-state index in [0.717, 1.165) is 31.5 Å². The van der Waals surface area contributed by atoms with E-state index in [4.69, 9.17) is 0 Å². The maximum Gasteiger partial charge on any atom is 0.354 e. The summed E-state index contributed by atoms with van der Waals surface area (Å²) in [6.45, 7) is 1.81. The van der Waals surface area contributed by atoms with E-state index in [2.05, 4.69) is 19.9 Å². The number of aromatic nitrogens is 3. The lowest BCUT2D eigenvalue weighted by molar-refractivity contribution is 0.0690. The van der Waals surface area contributed by atoms with Crippen LogP contribution in [0, 0.1) is 0 Å². The monoisotopic (exact) mass is 284 g/mol. The maximum atomic E-state index is 11.3. The zero-order chi connectivity index (χ0) is 14.7. The molecule has 21 heavy (non-hydrogen) atoms. The Morgan fingerprint density at radius 2 is 2.00 bits per heavy atom. The van der Waals surface area contributed by atoms with Gasteiger partial charge in [-0.15, -0.1) is 0 Å². The molecule has 0 saturated carbocycles. The van der Waals surface area contributed by atoms with Gasteiger partial charge in [0.2, 0.25) is 0 Å². The number of nitrogens with zero attached hydrogens (tertiary/aromatic N) is 4. The summed E-state index contributed by atoms with van der Waals surface area (Å²) >= 11 is 0. The molecule has 0 aromatic carbocycles. The minimum Gasteiger partial charge on any atom is -0.477 e. The number of hydrogen-bond donors (Lipinski definition) is 1. The van der Waals surface area contributed by atoms with Crippen molar-refractivity contribution in [2.45, 2.75) is 19.3 Å². The van der Waals surface area contributed by atoms with Gasteiger partial charge in [-0.3, -0.25) is 4.98 Å². The molecule has 2 aromatic rings. The Balaban J connectivity index is 2.03. The van der Waals surface area contributed by atoms with Gasteiger partial charge in [-0.25, -0.2) is 14.8 Å². The number of pyridine rings is 1. The van der Waals surface area contributed by atoms with Crippen molar-refractivity contribution in [1.29, 1.82) is 0 Å². The summed E-state index contributed by atoms with van der Waals surface area (Å²) in [6.07, 6.45) is 6.73. The molecule has 0 amide bonds. The van der Waals surface area contributed by atoms with Crippen molar-refractivity contribution < 1.29 is 9.90 Å². The van der Waals surface area contributed by atoms with Crippen LogP contribution in [0.1, 0.15) is 29.8 Å². The first-order valence-electron chi connectivity index (χ1n) is 7.02. The molecule has 0 atom stereocenters. The number of anilines is 1. The van der Waals surface area contributed by atoms with Crippen molar-refractivity contribution in [3.63, 3.8) is 0 Å².